The Balaban J connectivity index is 1.15. The number of rotatable bonds is 5. The Kier molecular flexibility index (Phi) is 6.75. The normalized spacial score (nSPS) is 18.0. The van der Waals surface area contributed by atoms with Gasteiger partial charge in [-0.15, -0.1) is 11.3 Å². The highest BCUT2D eigenvalue weighted by Crippen LogP contribution is 2.56. The van der Waals surface area contributed by atoms with Crippen LogP contribution in [0.25, 0.3) is 42.4 Å². The highest BCUT2D eigenvalue weighted by Gasteiger charge is 2.42. The second kappa shape index (κ2) is 11.6. The zero-order chi connectivity index (χ0) is 36.0. The second-order valence-corrected chi connectivity index (χ2v) is 16.2. The van der Waals surface area contributed by atoms with Gasteiger partial charge in [-0.1, -0.05) is 140 Å². The number of nitrogens with zero attached hydrogens (tertiary/aromatic N) is 1. The van der Waals surface area contributed by atoms with Crippen LogP contribution >= 0.6 is 11.3 Å². The minimum Gasteiger partial charge on any atom is -0.310 e. The van der Waals surface area contributed by atoms with E-state index in [2.05, 4.69) is 207 Å². The number of fused-ring (bicyclic) bond motifs is 9. The molecule has 1 aromatic heterocycles. The predicted octanol–water partition coefficient (Wildman–Crippen LogP) is 14.2. The van der Waals surface area contributed by atoms with E-state index in [0.717, 1.165) is 17.1 Å². The van der Waals surface area contributed by atoms with Gasteiger partial charge in [0.25, 0.3) is 0 Å². The summed E-state index contributed by atoms with van der Waals surface area (Å²) in [6, 6.07) is 70.1. The fourth-order valence-corrected chi connectivity index (χ4v) is 10.8. The van der Waals surface area contributed by atoms with Crippen molar-refractivity contribution in [3.05, 3.63) is 221 Å². The van der Waals surface area contributed by atoms with Crippen molar-refractivity contribution in [3.63, 3.8) is 0 Å². The molecular formula is C52H37NS. The summed E-state index contributed by atoms with van der Waals surface area (Å²) in [6.45, 7) is 4.78. The molecule has 2 unspecified atom stereocenters. The van der Waals surface area contributed by atoms with Crippen molar-refractivity contribution in [2.75, 3.05) is 4.90 Å². The van der Waals surface area contributed by atoms with Gasteiger partial charge in [-0.05, 0) is 118 Å². The summed E-state index contributed by atoms with van der Waals surface area (Å²) in [6.07, 6.45) is 0. The number of hydrogen-bond donors (Lipinski definition) is 0. The molecule has 0 spiro atoms. The third-order valence-electron chi connectivity index (χ3n) is 12.4. The Morgan fingerprint density at radius 1 is 0.352 bits per heavy atom. The molecule has 1 nitrogen and oxygen atoms in total. The van der Waals surface area contributed by atoms with Crippen molar-refractivity contribution in [3.8, 4) is 22.3 Å². The van der Waals surface area contributed by atoms with Crippen LogP contribution in [-0.4, -0.2) is 0 Å². The summed E-state index contributed by atoms with van der Waals surface area (Å²) in [5, 5.41) is 2.60. The molecule has 1 heterocycles. The molecule has 0 bridgehead atoms. The first kappa shape index (κ1) is 31.3. The zero-order valence-electron chi connectivity index (χ0n) is 30.3. The molecule has 11 rings (SSSR count). The lowest BCUT2D eigenvalue weighted by molar-refractivity contribution is 0.714. The summed E-state index contributed by atoms with van der Waals surface area (Å²) in [7, 11) is 0. The van der Waals surface area contributed by atoms with Crippen molar-refractivity contribution in [1.29, 1.82) is 0 Å². The van der Waals surface area contributed by atoms with Crippen molar-refractivity contribution < 1.29 is 0 Å². The van der Waals surface area contributed by atoms with E-state index in [-0.39, 0.29) is 10.8 Å². The molecule has 8 aromatic carbocycles. The summed E-state index contributed by atoms with van der Waals surface area (Å²) in [4.78, 5) is 2.48. The maximum atomic E-state index is 2.48. The number of hydrogen-bond acceptors (Lipinski definition) is 2. The summed E-state index contributed by atoms with van der Waals surface area (Å²) in [5.41, 5.74) is 16.2. The fraction of sp³-hybridized carbons (Fsp3) is 0.0769. The zero-order valence-corrected chi connectivity index (χ0v) is 31.1. The van der Waals surface area contributed by atoms with E-state index in [1.54, 1.807) is 0 Å². The van der Waals surface area contributed by atoms with Crippen LogP contribution in [0.5, 0.6) is 0 Å². The summed E-state index contributed by atoms with van der Waals surface area (Å²) < 4.78 is 2.63. The van der Waals surface area contributed by atoms with Crippen LogP contribution in [0.4, 0.5) is 17.1 Å². The topological polar surface area (TPSA) is 3.24 Å². The van der Waals surface area contributed by atoms with Gasteiger partial charge in [0.15, 0.2) is 0 Å². The average Bonchev–Trinajstić information content (AvgIpc) is 3.83. The van der Waals surface area contributed by atoms with Crippen LogP contribution in [0.3, 0.4) is 0 Å². The Morgan fingerprint density at radius 2 is 0.778 bits per heavy atom. The van der Waals surface area contributed by atoms with Gasteiger partial charge in [0.05, 0.1) is 0 Å². The third-order valence-corrected chi connectivity index (χ3v) is 13.6. The van der Waals surface area contributed by atoms with Gasteiger partial charge >= 0.3 is 0 Å². The van der Waals surface area contributed by atoms with E-state index in [1.807, 2.05) is 11.3 Å². The van der Waals surface area contributed by atoms with Crippen LogP contribution in [0.1, 0.15) is 47.2 Å². The summed E-state index contributed by atoms with van der Waals surface area (Å²) >= 11 is 1.87. The van der Waals surface area contributed by atoms with Crippen LogP contribution < -0.4 is 4.90 Å². The van der Waals surface area contributed by atoms with Gasteiger partial charge in [-0.25, -0.2) is 0 Å². The smallest absolute Gasteiger partial charge is 0.0468 e. The van der Waals surface area contributed by atoms with Gasteiger partial charge in [-0.2, -0.15) is 0 Å². The van der Waals surface area contributed by atoms with E-state index in [9.17, 15) is 0 Å². The van der Waals surface area contributed by atoms with Crippen molar-refractivity contribution in [1.82, 2.24) is 0 Å². The van der Waals surface area contributed by atoms with Gasteiger partial charge in [0.1, 0.15) is 0 Å². The van der Waals surface area contributed by atoms with Gasteiger partial charge in [0.2, 0.25) is 0 Å². The SMILES string of the molecule is CC1(c2ccccc2)c2ccccc2-c2cc(N(c3ccc4c(c3)-c3ccccc3C4(C)c3ccccc3)c3ccc4sc5ccccc5c4c3)ccc21. The quantitative estimate of drug-likeness (QED) is 0.172. The Hall–Kier alpha value is -6.22. The molecule has 2 aliphatic rings. The third kappa shape index (κ3) is 4.32. The van der Waals surface area contributed by atoms with E-state index in [0.29, 0.717) is 0 Å². The molecule has 0 radical (unpaired) electrons. The maximum Gasteiger partial charge on any atom is 0.0468 e. The lowest BCUT2D eigenvalue weighted by Gasteiger charge is -2.30. The molecule has 0 fully saturated rings. The first-order valence-electron chi connectivity index (χ1n) is 18.8. The highest BCUT2D eigenvalue weighted by atomic mass is 32.1. The molecule has 0 saturated carbocycles. The molecule has 0 aliphatic heterocycles. The average molecular weight is 708 g/mol. The summed E-state index contributed by atoms with van der Waals surface area (Å²) in [5.74, 6) is 0. The fourth-order valence-electron chi connectivity index (χ4n) is 9.72. The molecule has 9 aromatic rings. The van der Waals surface area contributed by atoms with Gasteiger partial charge < -0.3 is 4.90 Å². The molecule has 2 aliphatic carbocycles. The molecule has 0 saturated heterocycles. The Labute approximate surface area is 320 Å². The van der Waals surface area contributed by atoms with Gasteiger partial charge in [-0.3, -0.25) is 0 Å². The van der Waals surface area contributed by atoms with Crippen LogP contribution in [0.2, 0.25) is 0 Å². The van der Waals surface area contributed by atoms with Crippen molar-refractivity contribution >= 4 is 48.6 Å². The van der Waals surface area contributed by atoms with Crippen molar-refractivity contribution in [2.24, 2.45) is 0 Å². The number of thiophene rings is 1. The van der Waals surface area contributed by atoms with Crippen molar-refractivity contribution in [2.45, 2.75) is 24.7 Å². The largest absolute Gasteiger partial charge is 0.310 e. The molecule has 2 heteroatoms. The first-order chi connectivity index (χ1) is 26.5. The lowest BCUT2D eigenvalue weighted by Crippen LogP contribution is -2.22. The predicted molar refractivity (Wildman–Crippen MR) is 229 cm³/mol. The van der Waals surface area contributed by atoms with Crippen LogP contribution in [0.15, 0.2) is 188 Å². The lowest BCUT2D eigenvalue weighted by atomic mass is 9.74. The second-order valence-electron chi connectivity index (χ2n) is 15.1. The molecule has 0 N–H and O–H groups in total. The van der Waals surface area contributed by atoms with Gasteiger partial charge in [0, 0.05) is 48.1 Å². The van der Waals surface area contributed by atoms with E-state index >= 15 is 0 Å². The minimum atomic E-state index is -0.246. The molecule has 256 valence electrons. The monoisotopic (exact) mass is 707 g/mol. The Bertz CT molecular complexity index is 2780. The highest BCUT2D eigenvalue weighted by molar-refractivity contribution is 7.25. The first-order valence-corrected chi connectivity index (χ1v) is 19.7. The Morgan fingerprint density at radius 3 is 1.35 bits per heavy atom. The molecular weight excluding hydrogens is 671 g/mol. The van der Waals surface area contributed by atoms with E-state index in [4.69, 9.17) is 0 Å². The van der Waals surface area contributed by atoms with E-state index < -0.39 is 0 Å². The van der Waals surface area contributed by atoms with Crippen LogP contribution in [0, 0.1) is 0 Å². The standard InChI is InChI=1S/C52H37NS/c1-51(34-15-5-3-6-16-34)45-22-12-9-19-39(45)42-31-36(25-28-47(42)51)53(38-27-30-50-44(33-38)41-21-11-14-24-49(41)54-50)37-26-29-48-43(32-37)40-20-10-13-23-46(40)52(48,2)35-17-7-4-8-18-35/h3-33H,1-2H3. The molecule has 2 atom stereocenters. The number of benzene rings is 8. The van der Waals surface area contributed by atoms with Crippen LogP contribution in [-0.2, 0) is 10.8 Å². The number of anilines is 3. The minimum absolute atomic E-state index is 0.246. The molecule has 0 amide bonds. The maximum absolute atomic E-state index is 2.48. The van der Waals surface area contributed by atoms with E-state index in [1.165, 1.54) is 75.8 Å². The molecule has 54 heavy (non-hydrogen) atoms.